The van der Waals surface area contributed by atoms with E-state index in [0.717, 1.165) is 22.9 Å². The first-order chi connectivity index (χ1) is 23.0. The number of benzene rings is 3. The maximum Gasteiger partial charge on any atom is 0.258 e. The summed E-state index contributed by atoms with van der Waals surface area (Å²) in [6.45, 7) is 0.828. The molecule has 0 spiro atoms. The molecule has 6 rings (SSSR count). The van der Waals surface area contributed by atoms with Crippen molar-refractivity contribution in [1.82, 2.24) is 25.8 Å². The first-order valence-corrected chi connectivity index (χ1v) is 17.9. The second-order valence-corrected chi connectivity index (χ2v) is 14.6. The van der Waals surface area contributed by atoms with E-state index in [1.165, 1.54) is 0 Å². The lowest BCUT2D eigenvalue weighted by atomic mass is 10.0. The smallest absolute Gasteiger partial charge is 0.258 e. The van der Waals surface area contributed by atoms with Gasteiger partial charge in [0.2, 0.25) is 17.7 Å². The molecule has 3 heterocycles. The summed E-state index contributed by atoms with van der Waals surface area (Å²) in [5, 5.41) is 9.02. The average molecular weight is 674 g/mol. The Kier molecular flexibility index (Phi) is 9.78. The number of nitrogens with one attached hydrogen (secondary N) is 3. The predicted molar refractivity (Wildman–Crippen MR) is 176 cm³/mol. The van der Waals surface area contributed by atoms with Gasteiger partial charge < -0.3 is 25.6 Å². The zero-order valence-corrected chi connectivity index (χ0v) is 27.4. The van der Waals surface area contributed by atoms with Crippen LogP contribution in [0.5, 0.6) is 5.75 Å². The van der Waals surface area contributed by atoms with Gasteiger partial charge in [0.05, 0.1) is 17.4 Å². The molecule has 0 unspecified atom stereocenters. The zero-order chi connectivity index (χ0) is 33.8. The van der Waals surface area contributed by atoms with Crippen LogP contribution in [0.2, 0.25) is 0 Å². The van der Waals surface area contributed by atoms with E-state index in [9.17, 15) is 27.6 Å². The Balaban J connectivity index is 1.25. The molecular formula is C35H39N5O7S. The standard InChI is InChI=1S/C35H39N5O7S/c1-48(45,46)29-13-11-23(12-14-29)19-39-20-26-17-31(39)35(44)40-21-27(38-33(42)22-47-28-9-3-2-4-10-28)16-30(40)34(43)36-18-25-8-6-5-7-24(25)15-32(41)37-26/h2-14,26-27,30-31H,15-22H2,1H3,(H,36,43)(H,37,41)(H,38,42)/t26-,27-,30-,31-/m0/s1. The molecule has 12 nitrogen and oxygen atoms in total. The fraction of sp³-hybridized carbons (Fsp3) is 0.371. The quantitative estimate of drug-likeness (QED) is 0.338. The van der Waals surface area contributed by atoms with Crippen molar-refractivity contribution < 1.29 is 32.3 Å². The predicted octanol–water partition coefficient (Wildman–Crippen LogP) is 1.19. The van der Waals surface area contributed by atoms with E-state index >= 15 is 0 Å². The summed E-state index contributed by atoms with van der Waals surface area (Å²) in [6.07, 6.45) is 1.84. The lowest BCUT2D eigenvalue weighted by Crippen LogP contribution is -2.52. The van der Waals surface area contributed by atoms with E-state index in [4.69, 9.17) is 4.74 Å². The van der Waals surface area contributed by atoms with Crippen molar-refractivity contribution in [2.45, 2.75) is 61.4 Å². The van der Waals surface area contributed by atoms with Crippen molar-refractivity contribution in [3.63, 3.8) is 0 Å². The van der Waals surface area contributed by atoms with E-state index < -0.39 is 28.0 Å². The highest BCUT2D eigenvalue weighted by Gasteiger charge is 2.46. The van der Waals surface area contributed by atoms with E-state index in [1.807, 2.05) is 47.4 Å². The number of hydrogen-bond donors (Lipinski definition) is 3. The number of carbonyl (C=O) groups is 4. The summed E-state index contributed by atoms with van der Waals surface area (Å²) in [5.41, 5.74) is 2.41. The SMILES string of the molecule is CS(=O)(=O)c1ccc(CN2C[C@@H]3C[C@H]2C(=O)N2C[C@@H](NC(=O)COc4ccccc4)C[C@H]2C(=O)NCc2ccccc2CC(=O)N3)cc1. The number of hydrogen-bond acceptors (Lipinski definition) is 8. The van der Waals surface area contributed by atoms with Crippen LogP contribution in [-0.2, 0) is 48.5 Å². The topological polar surface area (TPSA) is 154 Å². The van der Waals surface area contributed by atoms with Gasteiger partial charge >= 0.3 is 0 Å². The van der Waals surface area contributed by atoms with Crippen LogP contribution < -0.4 is 20.7 Å². The van der Waals surface area contributed by atoms with Crippen LogP contribution in [-0.4, -0.2) is 92.0 Å². The van der Waals surface area contributed by atoms with Gasteiger partial charge in [0.15, 0.2) is 16.4 Å². The normalized spacial score (nSPS) is 23.4. The zero-order valence-electron chi connectivity index (χ0n) is 26.6. The monoisotopic (exact) mass is 673 g/mol. The third-order valence-electron chi connectivity index (χ3n) is 9.08. The molecule has 4 amide bonds. The summed E-state index contributed by atoms with van der Waals surface area (Å²) in [6, 6.07) is 20.6. The Labute approximate surface area is 279 Å². The molecule has 0 saturated carbocycles. The number of nitrogens with zero attached hydrogens (tertiary/aromatic N) is 2. The molecular weight excluding hydrogens is 634 g/mol. The van der Waals surface area contributed by atoms with Gasteiger partial charge in [-0.3, -0.25) is 24.1 Å². The van der Waals surface area contributed by atoms with Crippen LogP contribution in [0.1, 0.15) is 29.5 Å². The number of para-hydroxylation sites is 1. The summed E-state index contributed by atoms with van der Waals surface area (Å²) in [5.74, 6) is -0.593. The Morgan fingerprint density at radius 1 is 0.896 bits per heavy atom. The number of likely N-dealkylation sites (tertiary alicyclic amines) is 1. The highest BCUT2D eigenvalue weighted by Crippen LogP contribution is 2.28. The van der Waals surface area contributed by atoms with Crippen LogP contribution >= 0.6 is 0 Å². The highest BCUT2D eigenvalue weighted by atomic mass is 32.2. The van der Waals surface area contributed by atoms with Crippen molar-refractivity contribution in [2.75, 3.05) is 26.0 Å². The Morgan fingerprint density at radius 3 is 2.33 bits per heavy atom. The molecule has 2 saturated heterocycles. The first kappa shape index (κ1) is 33.2. The molecule has 2 bridgehead atoms. The molecule has 252 valence electrons. The minimum absolute atomic E-state index is 0.128. The average Bonchev–Trinajstić information content (AvgIpc) is 3.66. The van der Waals surface area contributed by atoms with Crippen molar-refractivity contribution in [3.8, 4) is 5.75 Å². The molecule has 0 radical (unpaired) electrons. The maximum atomic E-state index is 14.4. The summed E-state index contributed by atoms with van der Waals surface area (Å²) in [7, 11) is -3.37. The van der Waals surface area contributed by atoms with E-state index in [-0.39, 0.29) is 67.1 Å². The van der Waals surface area contributed by atoms with Crippen LogP contribution in [0.3, 0.4) is 0 Å². The number of amides is 4. The molecule has 48 heavy (non-hydrogen) atoms. The van der Waals surface area contributed by atoms with Gasteiger partial charge in [0.1, 0.15) is 11.8 Å². The van der Waals surface area contributed by atoms with E-state index in [1.54, 1.807) is 41.3 Å². The van der Waals surface area contributed by atoms with Crippen molar-refractivity contribution in [3.05, 3.63) is 95.6 Å². The number of rotatable bonds is 7. The number of ether oxygens (including phenoxy) is 1. The number of sulfone groups is 1. The van der Waals surface area contributed by atoms with Gasteiger partial charge in [-0.25, -0.2) is 8.42 Å². The third kappa shape index (κ3) is 7.85. The van der Waals surface area contributed by atoms with Gasteiger partial charge in [-0.15, -0.1) is 0 Å². The summed E-state index contributed by atoms with van der Waals surface area (Å²) in [4.78, 5) is 57.9. The van der Waals surface area contributed by atoms with Gasteiger partial charge in [0, 0.05) is 44.5 Å². The summed E-state index contributed by atoms with van der Waals surface area (Å²) < 4.78 is 29.6. The molecule has 4 atom stereocenters. The minimum atomic E-state index is -3.37. The highest BCUT2D eigenvalue weighted by molar-refractivity contribution is 7.90. The fourth-order valence-corrected chi connectivity index (χ4v) is 7.36. The Bertz CT molecular complexity index is 1780. The minimum Gasteiger partial charge on any atom is -0.484 e. The molecule has 2 fully saturated rings. The molecule has 3 aliphatic heterocycles. The Morgan fingerprint density at radius 2 is 1.60 bits per heavy atom. The largest absolute Gasteiger partial charge is 0.484 e. The van der Waals surface area contributed by atoms with Crippen LogP contribution in [0.15, 0.2) is 83.8 Å². The van der Waals surface area contributed by atoms with Crippen LogP contribution in [0.25, 0.3) is 0 Å². The number of fused-ring (bicyclic) bond motifs is 4. The van der Waals surface area contributed by atoms with E-state index in [0.29, 0.717) is 25.3 Å². The maximum absolute atomic E-state index is 14.4. The Hall–Kier alpha value is -4.75. The second-order valence-electron chi connectivity index (χ2n) is 12.6. The van der Waals surface area contributed by atoms with Gasteiger partial charge in [0.25, 0.3) is 5.91 Å². The van der Waals surface area contributed by atoms with Gasteiger partial charge in [-0.1, -0.05) is 54.6 Å². The first-order valence-electron chi connectivity index (χ1n) is 16.0. The number of carbonyl (C=O) groups excluding carboxylic acids is 4. The van der Waals surface area contributed by atoms with Gasteiger partial charge in [-0.2, -0.15) is 0 Å². The van der Waals surface area contributed by atoms with Crippen molar-refractivity contribution >= 4 is 33.5 Å². The molecule has 3 aromatic carbocycles. The second kappa shape index (κ2) is 14.2. The summed E-state index contributed by atoms with van der Waals surface area (Å²) >= 11 is 0. The van der Waals surface area contributed by atoms with Crippen LogP contribution in [0.4, 0.5) is 0 Å². The molecule has 13 heteroatoms. The molecule has 3 N–H and O–H groups in total. The molecule has 0 aliphatic carbocycles. The lowest BCUT2D eigenvalue weighted by molar-refractivity contribution is -0.142. The van der Waals surface area contributed by atoms with Crippen molar-refractivity contribution in [2.24, 2.45) is 0 Å². The molecule has 0 aromatic heterocycles. The van der Waals surface area contributed by atoms with E-state index in [2.05, 4.69) is 16.0 Å². The fourth-order valence-electron chi connectivity index (χ4n) is 6.73. The molecule has 3 aliphatic rings. The molecule has 3 aromatic rings. The van der Waals surface area contributed by atoms with Gasteiger partial charge in [-0.05, 0) is 53.8 Å². The lowest BCUT2D eigenvalue weighted by Gasteiger charge is -2.31. The third-order valence-corrected chi connectivity index (χ3v) is 10.2. The van der Waals surface area contributed by atoms with Crippen LogP contribution in [0, 0.1) is 0 Å². The van der Waals surface area contributed by atoms with Crippen molar-refractivity contribution in [1.29, 1.82) is 0 Å².